The Morgan fingerprint density at radius 3 is 2.66 bits per heavy atom. The van der Waals surface area contributed by atoms with E-state index in [1.54, 1.807) is 42.6 Å². The lowest BCUT2D eigenvalue weighted by Gasteiger charge is -2.14. The normalized spacial score (nSPS) is 13.1. The minimum Gasteiger partial charge on any atom is -0.453 e. The van der Waals surface area contributed by atoms with Crippen LogP contribution in [0.4, 0.5) is 10.1 Å². The molecule has 0 aliphatic carbocycles. The number of fused-ring (bicyclic) bond motifs is 1. The molecule has 0 atom stereocenters. The zero-order valence-corrected chi connectivity index (χ0v) is 25.4. The monoisotopic (exact) mass is 624 g/mol. The molecule has 3 aromatic heterocycles. The summed E-state index contributed by atoms with van der Waals surface area (Å²) in [6, 6.07) is 15.2. The molecule has 11 heteroatoms. The number of terminal acetylenes is 1. The first kappa shape index (κ1) is 29.4. The Morgan fingerprint density at radius 2 is 1.89 bits per heavy atom. The van der Waals surface area contributed by atoms with Crippen LogP contribution in [0.2, 0.25) is 0 Å². The highest BCUT2D eigenvalue weighted by atomic mass is 32.1. The lowest BCUT2D eigenvalue weighted by atomic mass is 10.1. The van der Waals surface area contributed by atoms with Crippen molar-refractivity contribution in [2.24, 2.45) is 0 Å². The van der Waals surface area contributed by atoms with E-state index in [1.807, 2.05) is 12.4 Å². The fraction of sp³-hybridized carbons (Fsp3) is 0.212. The molecular weight excluding hydrogens is 596 g/mol. The smallest absolute Gasteiger partial charge is 0.230 e. The molecule has 222 valence electrons. The highest BCUT2D eigenvalue weighted by Gasteiger charge is 2.16. The summed E-state index contributed by atoms with van der Waals surface area (Å²) in [6.45, 7) is 4.25. The summed E-state index contributed by atoms with van der Waals surface area (Å²) in [6.07, 6.45) is 13.6. The average molecular weight is 625 g/mol. The highest BCUT2D eigenvalue weighted by molar-refractivity contribution is 7.80. The summed E-state index contributed by atoms with van der Waals surface area (Å²) >= 11 is 6.75. The van der Waals surface area contributed by atoms with Gasteiger partial charge in [-0.25, -0.2) is 9.37 Å². The quantitative estimate of drug-likeness (QED) is 0.149. The fourth-order valence-corrected chi connectivity index (χ4v) is 6.27. The molecule has 44 heavy (non-hydrogen) atoms. The molecule has 0 spiro atoms. The fourth-order valence-electron chi connectivity index (χ4n) is 5.01. The molecule has 1 aliphatic heterocycles. The Hall–Kier alpha value is -4.63. The van der Waals surface area contributed by atoms with E-state index in [-0.39, 0.29) is 23.2 Å². The van der Waals surface area contributed by atoms with E-state index < -0.39 is 5.82 Å². The Kier molecular flexibility index (Phi) is 8.93. The number of anilines is 1. The maximum absolute atomic E-state index is 15.1. The summed E-state index contributed by atoms with van der Waals surface area (Å²) in [5.74, 6) is 2.20. The predicted octanol–water partition coefficient (Wildman–Crippen LogP) is 6.22. The van der Waals surface area contributed by atoms with E-state index in [2.05, 4.69) is 42.2 Å². The van der Waals surface area contributed by atoms with Gasteiger partial charge in [-0.15, -0.1) is 17.8 Å². The van der Waals surface area contributed by atoms with Crippen molar-refractivity contribution in [2.45, 2.75) is 25.8 Å². The molecule has 2 aromatic carbocycles. The van der Waals surface area contributed by atoms with Crippen molar-refractivity contribution in [3.63, 3.8) is 0 Å². The van der Waals surface area contributed by atoms with Gasteiger partial charge in [0, 0.05) is 48.9 Å². The molecule has 1 amide bonds. The summed E-state index contributed by atoms with van der Waals surface area (Å²) in [5, 5.41) is 5.51. The number of imidazole rings is 1. The molecular formula is C33H29FN6O2S2. The number of pyridine rings is 1. The lowest BCUT2D eigenvalue weighted by molar-refractivity contribution is -0.119. The van der Waals surface area contributed by atoms with Gasteiger partial charge >= 0.3 is 0 Å². The Morgan fingerprint density at radius 1 is 1.07 bits per heavy atom. The maximum Gasteiger partial charge on any atom is 0.230 e. The second-order valence-corrected chi connectivity index (χ2v) is 11.9. The standard InChI is InChI=1S/C33H29FN6O2S2/c1-2-22-5-7-23(8-6-22)17-31(41)38-33(43)37-24-9-10-28(25(34)18-24)42-29-11-12-35-26-19-30(44-32(26)29)27-20-40(21-36-27)16-15-39-13-3-4-14-39/h1,5-12,18-21H,3-4,13-17H2,(H2,37,38,41,43). The zero-order chi connectivity index (χ0) is 30.5. The molecule has 0 bridgehead atoms. The van der Waals surface area contributed by atoms with Gasteiger partial charge in [-0.1, -0.05) is 18.1 Å². The zero-order valence-electron chi connectivity index (χ0n) is 23.8. The van der Waals surface area contributed by atoms with Crippen molar-refractivity contribution in [2.75, 3.05) is 25.0 Å². The van der Waals surface area contributed by atoms with E-state index in [4.69, 9.17) is 23.4 Å². The maximum atomic E-state index is 15.1. The number of carbonyl (C=O) groups excluding carboxylic acids is 1. The molecule has 8 nitrogen and oxygen atoms in total. The first-order valence-corrected chi connectivity index (χ1v) is 15.4. The van der Waals surface area contributed by atoms with Gasteiger partial charge in [-0.3, -0.25) is 9.78 Å². The van der Waals surface area contributed by atoms with Gasteiger partial charge in [-0.2, -0.15) is 0 Å². The van der Waals surface area contributed by atoms with Crippen LogP contribution in [0.15, 0.2) is 73.3 Å². The van der Waals surface area contributed by atoms with Crippen LogP contribution in [0.3, 0.4) is 0 Å². The number of nitrogens with one attached hydrogen (secondary N) is 2. The molecule has 1 saturated heterocycles. The summed E-state index contributed by atoms with van der Waals surface area (Å²) in [4.78, 5) is 24.9. The minimum atomic E-state index is -0.587. The summed E-state index contributed by atoms with van der Waals surface area (Å²) < 4.78 is 24.0. The number of likely N-dealkylation sites (tertiary alicyclic amines) is 1. The Balaban J connectivity index is 1.08. The summed E-state index contributed by atoms with van der Waals surface area (Å²) in [5.41, 5.74) is 3.52. The topological polar surface area (TPSA) is 84.3 Å². The molecule has 0 unspecified atom stereocenters. The van der Waals surface area contributed by atoms with Crippen molar-refractivity contribution in [3.8, 4) is 34.4 Å². The average Bonchev–Trinajstić information content (AvgIpc) is 3.79. The van der Waals surface area contributed by atoms with Crippen molar-refractivity contribution >= 4 is 50.5 Å². The van der Waals surface area contributed by atoms with Crippen LogP contribution in [-0.2, 0) is 17.8 Å². The Bertz CT molecular complexity index is 1850. The van der Waals surface area contributed by atoms with Crippen molar-refractivity contribution in [1.29, 1.82) is 0 Å². The van der Waals surface area contributed by atoms with Crippen molar-refractivity contribution < 1.29 is 13.9 Å². The van der Waals surface area contributed by atoms with Gasteiger partial charge in [0.05, 0.1) is 33.5 Å². The van der Waals surface area contributed by atoms with Crippen LogP contribution in [0.5, 0.6) is 11.5 Å². The van der Waals surface area contributed by atoms with E-state index in [0.29, 0.717) is 11.4 Å². The molecule has 4 heterocycles. The van der Waals surface area contributed by atoms with Gasteiger partial charge in [-0.05, 0) is 74.0 Å². The van der Waals surface area contributed by atoms with Crippen LogP contribution < -0.4 is 15.4 Å². The molecule has 2 N–H and O–H groups in total. The Labute approximate surface area is 263 Å². The highest BCUT2D eigenvalue weighted by Crippen LogP contribution is 2.39. The number of hydrogen-bond donors (Lipinski definition) is 2. The number of hydrogen-bond acceptors (Lipinski definition) is 7. The van der Waals surface area contributed by atoms with Crippen LogP contribution >= 0.6 is 23.6 Å². The molecule has 0 radical (unpaired) electrons. The second kappa shape index (κ2) is 13.3. The largest absolute Gasteiger partial charge is 0.453 e. The number of aromatic nitrogens is 3. The summed E-state index contributed by atoms with van der Waals surface area (Å²) in [7, 11) is 0. The van der Waals surface area contributed by atoms with Gasteiger partial charge < -0.3 is 24.8 Å². The number of thiophene rings is 1. The van der Waals surface area contributed by atoms with Gasteiger partial charge in [0.2, 0.25) is 5.91 Å². The third-order valence-electron chi connectivity index (χ3n) is 7.28. The van der Waals surface area contributed by atoms with Gasteiger partial charge in [0.25, 0.3) is 0 Å². The van der Waals surface area contributed by atoms with E-state index in [0.717, 1.165) is 45.0 Å². The third kappa shape index (κ3) is 7.11. The minimum absolute atomic E-state index is 0.0505. The van der Waals surface area contributed by atoms with Crippen LogP contribution in [0, 0.1) is 18.2 Å². The van der Waals surface area contributed by atoms with E-state index in [1.165, 1.54) is 49.4 Å². The van der Waals surface area contributed by atoms with E-state index in [9.17, 15) is 4.79 Å². The number of rotatable bonds is 9. The predicted molar refractivity (Wildman–Crippen MR) is 175 cm³/mol. The molecule has 0 saturated carbocycles. The second-order valence-electron chi connectivity index (χ2n) is 10.4. The molecule has 1 fully saturated rings. The first-order chi connectivity index (χ1) is 21.4. The number of carbonyl (C=O) groups is 1. The number of ether oxygens (including phenoxy) is 1. The molecule has 5 aromatic rings. The van der Waals surface area contributed by atoms with Crippen molar-refractivity contribution in [3.05, 3.63) is 90.3 Å². The van der Waals surface area contributed by atoms with Crippen LogP contribution in [-0.4, -0.2) is 50.1 Å². The SMILES string of the molecule is C#Cc1ccc(CC(=O)NC(=S)Nc2ccc(Oc3ccnc4cc(-c5cn(CCN6CCCC6)cn5)sc34)c(F)c2)cc1. The number of benzene rings is 2. The number of halogens is 1. The van der Waals surface area contributed by atoms with Crippen LogP contribution in [0.1, 0.15) is 24.0 Å². The van der Waals surface area contributed by atoms with Crippen molar-refractivity contribution in [1.82, 2.24) is 24.8 Å². The third-order valence-corrected chi connectivity index (χ3v) is 8.65. The van der Waals surface area contributed by atoms with Gasteiger partial charge in [0.1, 0.15) is 5.75 Å². The lowest BCUT2D eigenvalue weighted by Crippen LogP contribution is -2.35. The van der Waals surface area contributed by atoms with Crippen LogP contribution in [0.25, 0.3) is 20.8 Å². The first-order valence-electron chi connectivity index (χ1n) is 14.2. The molecule has 1 aliphatic rings. The molecule has 6 rings (SSSR count). The number of amides is 1. The van der Waals surface area contributed by atoms with E-state index >= 15 is 4.39 Å². The number of thiocarbonyl (C=S) groups is 1. The van der Waals surface area contributed by atoms with Gasteiger partial charge in [0.15, 0.2) is 16.7 Å². The number of nitrogens with zero attached hydrogens (tertiary/aromatic N) is 4.